The lowest BCUT2D eigenvalue weighted by Gasteiger charge is -2.19. The van der Waals surface area contributed by atoms with E-state index in [2.05, 4.69) is 5.43 Å². The van der Waals surface area contributed by atoms with Crippen LogP contribution in [-0.4, -0.2) is 29.5 Å². The van der Waals surface area contributed by atoms with Gasteiger partial charge in [0, 0.05) is 16.7 Å². The number of benzene rings is 2. The SMILES string of the molecule is COc1ccc(/C=C2/SC(=S)N(Nc3c(Cl)cc(Cl)cc3Cl)C2=O)c(OC)c1. The summed E-state index contributed by atoms with van der Waals surface area (Å²) in [4.78, 5) is 13.3. The molecule has 5 nitrogen and oxygen atoms in total. The Morgan fingerprint density at radius 3 is 2.39 bits per heavy atom. The highest BCUT2D eigenvalue weighted by Gasteiger charge is 2.33. The molecule has 146 valence electrons. The molecule has 0 aromatic heterocycles. The van der Waals surface area contributed by atoms with Gasteiger partial charge >= 0.3 is 0 Å². The predicted octanol–water partition coefficient (Wildman–Crippen LogP) is 5.89. The first-order chi connectivity index (χ1) is 13.3. The molecule has 1 aliphatic heterocycles. The summed E-state index contributed by atoms with van der Waals surface area (Å²) in [7, 11) is 3.11. The third-order valence-corrected chi connectivity index (χ3v) is 5.87. The molecule has 2 aromatic rings. The van der Waals surface area contributed by atoms with Crippen LogP contribution in [-0.2, 0) is 4.79 Å². The largest absolute Gasteiger partial charge is 0.497 e. The van der Waals surface area contributed by atoms with Crippen molar-refractivity contribution < 1.29 is 14.3 Å². The van der Waals surface area contributed by atoms with Crippen molar-refractivity contribution in [2.24, 2.45) is 0 Å². The molecule has 1 amide bonds. The summed E-state index contributed by atoms with van der Waals surface area (Å²) in [6.45, 7) is 0. The van der Waals surface area contributed by atoms with E-state index in [4.69, 9.17) is 56.5 Å². The summed E-state index contributed by atoms with van der Waals surface area (Å²) < 4.78 is 10.9. The molecule has 0 aliphatic carbocycles. The molecule has 10 heteroatoms. The first kappa shape index (κ1) is 21.1. The van der Waals surface area contributed by atoms with E-state index in [1.807, 2.05) is 0 Å². The van der Waals surface area contributed by atoms with Crippen molar-refractivity contribution in [3.05, 3.63) is 55.9 Å². The fraction of sp³-hybridized carbons (Fsp3) is 0.111. The molecular formula is C18H13Cl3N2O3S2. The number of anilines is 1. The number of amides is 1. The number of nitrogens with one attached hydrogen (secondary N) is 1. The van der Waals surface area contributed by atoms with Crippen molar-refractivity contribution in [3.63, 3.8) is 0 Å². The number of rotatable bonds is 5. The zero-order valence-electron chi connectivity index (χ0n) is 14.6. The summed E-state index contributed by atoms with van der Waals surface area (Å²) >= 11 is 24.8. The standard InChI is InChI=1S/C18H13Cl3N2O3S2/c1-25-11-4-3-9(14(8-11)26-2)5-15-17(24)23(18(27)28-15)22-16-12(20)6-10(19)7-13(16)21/h3-8,22H,1-2H3/b15-5+. The highest BCUT2D eigenvalue weighted by molar-refractivity contribution is 8.26. The first-order valence-electron chi connectivity index (χ1n) is 7.75. The summed E-state index contributed by atoms with van der Waals surface area (Å²) in [6.07, 6.45) is 1.70. The zero-order chi connectivity index (χ0) is 20.4. The predicted molar refractivity (Wildman–Crippen MR) is 120 cm³/mol. The highest BCUT2D eigenvalue weighted by atomic mass is 35.5. The molecule has 1 heterocycles. The lowest BCUT2D eigenvalue weighted by molar-refractivity contribution is -0.121. The van der Waals surface area contributed by atoms with Gasteiger partial charge in [-0.05, 0) is 42.6 Å². The minimum absolute atomic E-state index is 0.271. The highest BCUT2D eigenvalue weighted by Crippen LogP contribution is 2.38. The second-order valence-corrected chi connectivity index (χ2v) is 8.41. The maximum absolute atomic E-state index is 12.8. The van der Waals surface area contributed by atoms with Crippen molar-refractivity contribution in [1.29, 1.82) is 0 Å². The van der Waals surface area contributed by atoms with Gasteiger partial charge in [0.05, 0.1) is 34.9 Å². The monoisotopic (exact) mass is 474 g/mol. The molecule has 1 N–H and O–H groups in total. The minimum atomic E-state index is -0.338. The van der Waals surface area contributed by atoms with E-state index in [0.29, 0.717) is 37.0 Å². The van der Waals surface area contributed by atoms with Crippen molar-refractivity contribution in [2.45, 2.75) is 0 Å². The van der Waals surface area contributed by atoms with E-state index < -0.39 is 0 Å². The van der Waals surface area contributed by atoms with E-state index in [1.165, 1.54) is 17.1 Å². The Morgan fingerprint density at radius 1 is 1.11 bits per heavy atom. The van der Waals surface area contributed by atoms with Crippen LogP contribution in [0.3, 0.4) is 0 Å². The lowest BCUT2D eigenvalue weighted by atomic mass is 10.1. The number of nitrogens with zero attached hydrogens (tertiary/aromatic N) is 1. The van der Waals surface area contributed by atoms with Gasteiger partial charge in [0.15, 0.2) is 4.32 Å². The van der Waals surface area contributed by atoms with E-state index in [9.17, 15) is 4.79 Å². The third-order valence-electron chi connectivity index (χ3n) is 3.75. The smallest absolute Gasteiger partial charge is 0.285 e. The van der Waals surface area contributed by atoms with Gasteiger partial charge in [-0.3, -0.25) is 10.2 Å². The molecule has 28 heavy (non-hydrogen) atoms. The van der Waals surface area contributed by atoms with Crippen LogP contribution in [0.4, 0.5) is 5.69 Å². The van der Waals surface area contributed by atoms with Crippen LogP contribution in [0.1, 0.15) is 5.56 Å². The van der Waals surface area contributed by atoms with Gasteiger partial charge in [0.1, 0.15) is 11.5 Å². The van der Waals surface area contributed by atoms with Gasteiger partial charge in [-0.2, -0.15) is 0 Å². The number of hydrogen-bond acceptors (Lipinski definition) is 6. The maximum atomic E-state index is 12.8. The number of ether oxygens (including phenoxy) is 2. The van der Waals surface area contributed by atoms with Gasteiger partial charge < -0.3 is 9.47 Å². The van der Waals surface area contributed by atoms with Gasteiger partial charge in [-0.25, -0.2) is 5.01 Å². The Hall–Kier alpha value is -1.64. The topological polar surface area (TPSA) is 50.8 Å². The molecule has 0 unspecified atom stereocenters. The molecule has 0 bridgehead atoms. The molecule has 1 fully saturated rings. The van der Waals surface area contributed by atoms with Crippen LogP contribution in [0.5, 0.6) is 11.5 Å². The van der Waals surface area contributed by atoms with Crippen molar-refractivity contribution in [2.75, 3.05) is 19.6 Å². The lowest BCUT2D eigenvalue weighted by Crippen LogP contribution is -2.34. The van der Waals surface area contributed by atoms with Crippen LogP contribution in [0.2, 0.25) is 15.1 Å². The fourth-order valence-electron chi connectivity index (χ4n) is 2.40. The quantitative estimate of drug-likeness (QED) is 0.430. The number of thioether (sulfide) groups is 1. The molecule has 1 aliphatic rings. The van der Waals surface area contributed by atoms with Gasteiger partial charge in [-0.15, -0.1) is 0 Å². The van der Waals surface area contributed by atoms with Gasteiger partial charge in [0.25, 0.3) is 5.91 Å². The number of carbonyl (C=O) groups excluding carboxylic acids is 1. The first-order valence-corrected chi connectivity index (χ1v) is 10.1. The minimum Gasteiger partial charge on any atom is -0.497 e. The zero-order valence-corrected chi connectivity index (χ0v) is 18.5. The molecule has 1 saturated heterocycles. The normalized spacial score (nSPS) is 15.3. The van der Waals surface area contributed by atoms with E-state index >= 15 is 0 Å². The van der Waals surface area contributed by atoms with Crippen LogP contribution in [0, 0.1) is 0 Å². The average molecular weight is 476 g/mol. The Morgan fingerprint density at radius 2 is 1.79 bits per heavy atom. The van der Waals surface area contributed by atoms with E-state index in [1.54, 1.807) is 38.5 Å². The van der Waals surface area contributed by atoms with Crippen molar-refractivity contribution in [1.82, 2.24) is 5.01 Å². The number of halogens is 3. The van der Waals surface area contributed by atoms with Crippen LogP contribution in [0.15, 0.2) is 35.2 Å². The molecule has 0 atom stereocenters. The summed E-state index contributed by atoms with van der Waals surface area (Å²) in [5.74, 6) is 0.881. The van der Waals surface area contributed by atoms with Crippen LogP contribution in [0.25, 0.3) is 6.08 Å². The van der Waals surface area contributed by atoms with E-state index in [-0.39, 0.29) is 16.0 Å². The fourth-order valence-corrected chi connectivity index (χ4v) is 4.48. The van der Waals surface area contributed by atoms with Gasteiger partial charge in [-0.1, -0.05) is 46.6 Å². The second kappa shape index (κ2) is 8.80. The van der Waals surface area contributed by atoms with Crippen molar-refractivity contribution in [3.8, 4) is 11.5 Å². The molecule has 3 rings (SSSR count). The number of hydrogen-bond donors (Lipinski definition) is 1. The van der Waals surface area contributed by atoms with E-state index in [0.717, 1.165) is 11.8 Å². The molecular weight excluding hydrogens is 463 g/mol. The van der Waals surface area contributed by atoms with Gasteiger partial charge in [0.2, 0.25) is 0 Å². The summed E-state index contributed by atoms with van der Waals surface area (Å²) in [6, 6.07) is 8.35. The molecule has 0 radical (unpaired) electrons. The number of hydrazine groups is 1. The Bertz CT molecular complexity index is 975. The van der Waals surface area contributed by atoms with Crippen LogP contribution < -0.4 is 14.9 Å². The Kier molecular flexibility index (Phi) is 6.62. The Labute approximate surface area is 186 Å². The maximum Gasteiger partial charge on any atom is 0.285 e. The van der Waals surface area contributed by atoms with Crippen LogP contribution >= 0.6 is 58.8 Å². The Balaban J connectivity index is 1.89. The third kappa shape index (κ3) is 4.34. The van der Waals surface area contributed by atoms with Crippen molar-refractivity contribution >= 4 is 80.8 Å². The molecule has 0 spiro atoms. The summed E-state index contributed by atoms with van der Waals surface area (Å²) in [5, 5.41) is 2.14. The second-order valence-electron chi connectivity index (χ2n) is 5.48. The number of carbonyl (C=O) groups is 1. The average Bonchev–Trinajstić information content (AvgIpc) is 2.91. The number of methoxy groups -OCH3 is 2. The molecule has 0 saturated carbocycles. The molecule has 2 aromatic carbocycles. The number of thiocarbonyl (C=S) groups is 1. The summed E-state index contributed by atoms with van der Waals surface area (Å²) in [5.41, 5.74) is 3.93.